The van der Waals surface area contributed by atoms with Crippen LogP contribution in [0.3, 0.4) is 0 Å². The summed E-state index contributed by atoms with van der Waals surface area (Å²) in [5, 5.41) is 6.30. The molecule has 0 amide bonds. The van der Waals surface area contributed by atoms with Crippen LogP contribution < -0.4 is 15.4 Å². The van der Waals surface area contributed by atoms with Gasteiger partial charge in [0.15, 0.2) is 5.96 Å². The fraction of sp³-hybridized carbons (Fsp3) is 0.588. The Morgan fingerprint density at radius 1 is 1.28 bits per heavy atom. The van der Waals surface area contributed by atoms with E-state index in [1.807, 2.05) is 24.3 Å². The molecule has 0 bridgehead atoms. The number of benzene rings is 1. The largest absolute Gasteiger partial charge is 0.511 e. The van der Waals surface area contributed by atoms with Crippen molar-refractivity contribution in [3.8, 4) is 5.75 Å². The quantitative estimate of drug-likeness (QED) is 0.324. The Hall–Kier alpha value is -1.28. The first-order valence-corrected chi connectivity index (χ1v) is 10.2. The van der Waals surface area contributed by atoms with E-state index in [9.17, 15) is 21.6 Å². The van der Waals surface area contributed by atoms with Crippen molar-refractivity contribution in [1.82, 2.24) is 14.9 Å². The summed E-state index contributed by atoms with van der Waals surface area (Å²) in [6.45, 7) is 0.755. The van der Waals surface area contributed by atoms with Crippen LogP contribution in [0, 0.1) is 5.92 Å². The zero-order valence-corrected chi connectivity index (χ0v) is 19.3. The van der Waals surface area contributed by atoms with Crippen molar-refractivity contribution in [2.24, 2.45) is 10.9 Å². The number of nitrogens with one attached hydrogen (secondary N) is 2. The lowest BCUT2D eigenvalue weighted by Crippen LogP contribution is -2.47. The standard InChI is InChI=1S/C17H25F3N4O3S.HI/c1-21-16(23-12-14-4-3-5-15(10-14)27-2)22-11-13-6-8-24(9-7-13)28(25,26)17(18,19)20;/h3-5,10,13H,6-9,11-12H2,1-2H3,(H2,21,22,23);1H. The number of alkyl halides is 3. The van der Waals surface area contributed by atoms with E-state index in [2.05, 4.69) is 15.6 Å². The third-order valence-corrected chi connectivity index (χ3v) is 6.21. The Morgan fingerprint density at radius 2 is 1.93 bits per heavy atom. The van der Waals surface area contributed by atoms with Gasteiger partial charge in [-0.1, -0.05) is 12.1 Å². The maximum atomic E-state index is 12.6. The van der Waals surface area contributed by atoms with Crippen molar-refractivity contribution in [2.75, 3.05) is 33.8 Å². The summed E-state index contributed by atoms with van der Waals surface area (Å²) in [4.78, 5) is 4.12. The summed E-state index contributed by atoms with van der Waals surface area (Å²) < 4.78 is 66.4. The molecule has 166 valence electrons. The average molecular weight is 550 g/mol. The Morgan fingerprint density at radius 3 is 2.48 bits per heavy atom. The van der Waals surface area contributed by atoms with Gasteiger partial charge in [-0.05, 0) is 36.5 Å². The number of aliphatic imine (C=N–C) groups is 1. The SMILES string of the molecule is CN=C(NCc1cccc(OC)c1)NCC1CCN(S(=O)(=O)C(F)(F)F)CC1.I. The lowest BCUT2D eigenvalue weighted by molar-refractivity contribution is -0.0496. The van der Waals surface area contributed by atoms with Gasteiger partial charge >= 0.3 is 15.5 Å². The maximum absolute atomic E-state index is 12.6. The van der Waals surface area contributed by atoms with E-state index in [1.165, 1.54) is 0 Å². The molecule has 0 aromatic heterocycles. The lowest BCUT2D eigenvalue weighted by atomic mass is 9.98. The molecule has 1 saturated heterocycles. The molecule has 29 heavy (non-hydrogen) atoms. The summed E-state index contributed by atoms with van der Waals surface area (Å²) >= 11 is 0. The van der Waals surface area contributed by atoms with Gasteiger partial charge in [-0.2, -0.15) is 17.5 Å². The van der Waals surface area contributed by atoms with Crippen LogP contribution in [0.5, 0.6) is 5.75 Å². The second-order valence-electron chi connectivity index (χ2n) is 6.45. The molecule has 1 aromatic carbocycles. The Balaban J connectivity index is 0.00000420. The van der Waals surface area contributed by atoms with Gasteiger partial charge in [0, 0.05) is 33.2 Å². The summed E-state index contributed by atoms with van der Waals surface area (Å²) in [5.41, 5.74) is -4.24. The van der Waals surface area contributed by atoms with Crippen LogP contribution in [0.15, 0.2) is 29.3 Å². The van der Waals surface area contributed by atoms with Gasteiger partial charge in [0.05, 0.1) is 7.11 Å². The first-order chi connectivity index (χ1) is 13.2. The first kappa shape index (κ1) is 25.8. The second-order valence-corrected chi connectivity index (χ2v) is 8.38. The van der Waals surface area contributed by atoms with Crippen LogP contribution >= 0.6 is 24.0 Å². The molecule has 0 aliphatic carbocycles. The number of ether oxygens (including phenoxy) is 1. The van der Waals surface area contributed by atoms with Crippen LogP contribution in [0.4, 0.5) is 13.2 Å². The highest BCUT2D eigenvalue weighted by atomic mass is 127. The molecular weight excluding hydrogens is 524 g/mol. The molecule has 0 unspecified atom stereocenters. The van der Waals surface area contributed by atoms with Crippen LogP contribution in [0.2, 0.25) is 0 Å². The van der Waals surface area contributed by atoms with Crippen molar-refractivity contribution < 1.29 is 26.3 Å². The highest BCUT2D eigenvalue weighted by Gasteiger charge is 2.50. The zero-order chi connectivity index (χ0) is 20.8. The molecule has 0 radical (unpaired) electrons. The monoisotopic (exact) mass is 550 g/mol. The van der Waals surface area contributed by atoms with Gasteiger partial charge < -0.3 is 15.4 Å². The van der Waals surface area contributed by atoms with E-state index >= 15 is 0 Å². The summed E-state index contributed by atoms with van der Waals surface area (Å²) in [7, 11) is -2.02. The summed E-state index contributed by atoms with van der Waals surface area (Å²) in [5.74, 6) is 1.38. The number of sulfonamides is 1. The minimum Gasteiger partial charge on any atom is -0.497 e. The Labute approximate surface area is 186 Å². The van der Waals surface area contributed by atoms with Crippen LogP contribution in [-0.2, 0) is 16.6 Å². The minimum atomic E-state index is -5.25. The molecule has 2 N–H and O–H groups in total. The minimum absolute atomic E-state index is 0. The van der Waals surface area contributed by atoms with E-state index in [-0.39, 0.29) is 43.0 Å². The number of halogens is 4. The number of rotatable bonds is 6. The van der Waals surface area contributed by atoms with E-state index in [1.54, 1.807) is 14.2 Å². The molecule has 1 heterocycles. The van der Waals surface area contributed by atoms with Gasteiger partial charge in [-0.25, -0.2) is 8.42 Å². The maximum Gasteiger partial charge on any atom is 0.511 e. The molecular formula is C17H26F3IN4O3S. The van der Waals surface area contributed by atoms with Crippen LogP contribution in [-0.4, -0.2) is 58.0 Å². The molecule has 1 aliphatic rings. The molecule has 2 rings (SSSR count). The van der Waals surface area contributed by atoms with E-state index in [0.717, 1.165) is 11.3 Å². The number of methoxy groups -OCH3 is 1. The number of hydrogen-bond acceptors (Lipinski definition) is 4. The summed E-state index contributed by atoms with van der Waals surface area (Å²) in [6, 6.07) is 7.58. The lowest BCUT2D eigenvalue weighted by Gasteiger charge is -2.31. The number of nitrogens with zero attached hydrogens (tertiary/aromatic N) is 2. The number of piperidine rings is 1. The highest BCUT2D eigenvalue weighted by molar-refractivity contribution is 14.0. The first-order valence-electron chi connectivity index (χ1n) is 8.81. The highest BCUT2D eigenvalue weighted by Crippen LogP contribution is 2.30. The predicted molar refractivity (Wildman–Crippen MR) is 116 cm³/mol. The molecule has 12 heteroatoms. The van der Waals surface area contributed by atoms with Gasteiger partial charge in [0.2, 0.25) is 0 Å². The van der Waals surface area contributed by atoms with Crippen LogP contribution in [0.25, 0.3) is 0 Å². The van der Waals surface area contributed by atoms with Crippen molar-refractivity contribution >= 4 is 40.0 Å². The Bertz CT molecular complexity index is 782. The van der Waals surface area contributed by atoms with Gasteiger partial charge in [-0.3, -0.25) is 4.99 Å². The number of guanidine groups is 1. The third kappa shape index (κ3) is 7.17. The van der Waals surface area contributed by atoms with E-state index < -0.39 is 15.5 Å². The molecule has 7 nitrogen and oxygen atoms in total. The topological polar surface area (TPSA) is 83.0 Å². The fourth-order valence-electron chi connectivity index (χ4n) is 2.93. The molecule has 0 spiro atoms. The normalized spacial score (nSPS) is 16.8. The molecule has 1 aliphatic heterocycles. The summed E-state index contributed by atoms with van der Waals surface area (Å²) in [6.07, 6.45) is 0.713. The van der Waals surface area contributed by atoms with Gasteiger partial charge in [-0.15, -0.1) is 24.0 Å². The van der Waals surface area contributed by atoms with Gasteiger partial charge in [0.25, 0.3) is 0 Å². The van der Waals surface area contributed by atoms with Crippen molar-refractivity contribution in [2.45, 2.75) is 24.9 Å². The van der Waals surface area contributed by atoms with Crippen molar-refractivity contribution in [3.05, 3.63) is 29.8 Å². The zero-order valence-electron chi connectivity index (χ0n) is 16.2. The molecule has 0 atom stereocenters. The third-order valence-electron chi connectivity index (χ3n) is 4.58. The van der Waals surface area contributed by atoms with Crippen molar-refractivity contribution in [3.63, 3.8) is 0 Å². The average Bonchev–Trinajstić information content (AvgIpc) is 2.67. The second kappa shape index (κ2) is 11.2. The molecule has 1 fully saturated rings. The smallest absolute Gasteiger partial charge is 0.497 e. The number of hydrogen-bond donors (Lipinski definition) is 2. The fourth-order valence-corrected chi connectivity index (χ4v) is 3.91. The van der Waals surface area contributed by atoms with E-state index in [0.29, 0.717) is 36.2 Å². The Kier molecular flexibility index (Phi) is 9.95. The molecule has 0 saturated carbocycles. The molecule has 1 aromatic rings. The van der Waals surface area contributed by atoms with Crippen LogP contribution in [0.1, 0.15) is 18.4 Å². The predicted octanol–water partition coefficient (Wildman–Crippen LogP) is 2.54. The van der Waals surface area contributed by atoms with E-state index in [4.69, 9.17) is 4.74 Å². The van der Waals surface area contributed by atoms with Gasteiger partial charge in [0.1, 0.15) is 5.75 Å². The van der Waals surface area contributed by atoms with Crippen molar-refractivity contribution in [1.29, 1.82) is 0 Å².